The molecule has 3 heterocycles. The number of aryl methyl sites for hydroxylation is 2. The zero-order chi connectivity index (χ0) is 20.4. The summed E-state index contributed by atoms with van der Waals surface area (Å²) in [6.07, 6.45) is 1.72. The van der Waals surface area contributed by atoms with Crippen molar-refractivity contribution >= 4 is 32.6 Å². The fourth-order valence-corrected chi connectivity index (χ4v) is 3.96. The maximum Gasteiger partial charge on any atom is 0.280 e. The Morgan fingerprint density at radius 3 is 2.79 bits per heavy atom. The zero-order valence-electron chi connectivity index (χ0n) is 16.5. The molecule has 148 valence electrons. The zero-order valence-corrected chi connectivity index (χ0v) is 17.3. The number of carbonyl (C=O) groups is 1. The lowest BCUT2D eigenvalue weighted by Crippen LogP contribution is -2.31. The number of aromatic nitrogens is 4. The van der Waals surface area contributed by atoms with Crippen molar-refractivity contribution in [2.24, 2.45) is 7.05 Å². The van der Waals surface area contributed by atoms with Gasteiger partial charge in [0.15, 0.2) is 10.8 Å². The molecule has 4 rings (SSSR count). The van der Waals surface area contributed by atoms with E-state index in [0.29, 0.717) is 29.7 Å². The minimum atomic E-state index is -0.212. The lowest BCUT2D eigenvalue weighted by atomic mass is 10.3. The van der Waals surface area contributed by atoms with Crippen LogP contribution in [0.5, 0.6) is 5.75 Å². The van der Waals surface area contributed by atoms with E-state index in [2.05, 4.69) is 10.1 Å². The average Bonchev–Trinajstić information content (AvgIpc) is 3.31. The van der Waals surface area contributed by atoms with Crippen molar-refractivity contribution in [3.05, 3.63) is 65.7 Å². The Kier molecular flexibility index (Phi) is 5.26. The Labute approximate surface area is 172 Å². The van der Waals surface area contributed by atoms with E-state index >= 15 is 0 Å². The molecule has 1 aromatic carbocycles. The van der Waals surface area contributed by atoms with Crippen LogP contribution in [0.1, 0.15) is 28.8 Å². The van der Waals surface area contributed by atoms with Crippen LogP contribution < -0.4 is 9.64 Å². The molecule has 8 heteroatoms. The maximum atomic E-state index is 13.4. The van der Waals surface area contributed by atoms with Gasteiger partial charge in [0, 0.05) is 18.9 Å². The fraction of sp³-hybridized carbons (Fsp3) is 0.238. The number of thiazole rings is 1. The number of pyridine rings is 1. The van der Waals surface area contributed by atoms with Crippen LogP contribution in [-0.2, 0) is 13.6 Å². The Balaban J connectivity index is 1.78. The van der Waals surface area contributed by atoms with Gasteiger partial charge < -0.3 is 4.74 Å². The number of nitrogens with zero attached hydrogens (tertiary/aromatic N) is 5. The summed E-state index contributed by atoms with van der Waals surface area (Å²) < 4.78 is 8.36. The Bertz CT molecular complexity index is 1130. The van der Waals surface area contributed by atoms with Gasteiger partial charge in [-0.1, -0.05) is 23.5 Å². The second-order valence-corrected chi connectivity index (χ2v) is 7.55. The molecule has 0 atom stereocenters. The van der Waals surface area contributed by atoms with Gasteiger partial charge in [-0.15, -0.1) is 0 Å². The Morgan fingerprint density at radius 1 is 1.24 bits per heavy atom. The molecule has 0 fully saturated rings. The Morgan fingerprint density at radius 2 is 2.10 bits per heavy atom. The van der Waals surface area contributed by atoms with Crippen molar-refractivity contribution in [3.8, 4) is 5.75 Å². The SMILES string of the molecule is CCOc1cccc2sc(N(Cc3ccccn3)C(=O)c3cc(C)n(C)n3)nc12. The summed E-state index contributed by atoms with van der Waals surface area (Å²) in [6.45, 7) is 4.71. The van der Waals surface area contributed by atoms with Crippen LogP contribution in [0.3, 0.4) is 0 Å². The van der Waals surface area contributed by atoms with E-state index in [4.69, 9.17) is 9.72 Å². The number of rotatable bonds is 6. The molecule has 1 amide bonds. The topological polar surface area (TPSA) is 73.1 Å². The van der Waals surface area contributed by atoms with E-state index in [1.165, 1.54) is 11.3 Å². The summed E-state index contributed by atoms with van der Waals surface area (Å²) in [7, 11) is 1.82. The predicted molar refractivity (Wildman–Crippen MR) is 113 cm³/mol. The van der Waals surface area contributed by atoms with E-state index in [1.54, 1.807) is 21.8 Å². The minimum absolute atomic E-state index is 0.212. The third kappa shape index (κ3) is 3.84. The van der Waals surface area contributed by atoms with Gasteiger partial charge in [0.1, 0.15) is 11.3 Å². The second kappa shape index (κ2) is 8.00. The summed E-state index contributed by atoms with van der Waals surface area (Å²) in [5.41, 5.74) is 2.82. The van der Waals surface area contributed by atoms with Crippen molar-refractivity contribution in [2.45, 2.75) is 20.4 Å². The standard InChI is InChI=1S/C21H21N5O2S/c1-4-28-17-9-7-10-18-19(17)23-21(29-18)26(13-15-8-5-6-11-22-15)20(27)16-12-14(2)25(3)24-16/h5-12H,4,13H2,1-3H3. The van der Waals surface area contributed by atoms with E-state index in [9.17, 15) is 4.79 Å². The lowest BCUT2D eigenvalue weighted by Gasteiger charge is -2.18. The molecule has 0 aliphatic heterocycles. The molecular formula is C21H21N5O2S. The van der Waals surface area contributed by atoms with Crippen molar-refractivity contribution in [1.29, 1.82) is 0 Å². The number of carbonyl (C=O) groups excluding carboxylic acids is 1. The van der Waals surface area contributed by atoms with Gasteiger partial charge in [0.2, 0.25) is 0 Å². The average molecular weight is 407 g/mol. The van der Waals surface area contributed by atoms with Crippen LogP contribution in [0.25, 0.3) is 10.2 Å². The van der Waals surface area contributed by atoms with Crippen molar-refractivity contribution in [2.75, 3.05) is 11.5 Å². The van der Waals surface area contributed by atoms with Gasteiger partial charge in [-0.2, -0.15) is 5.10 Å². The first-order valence-corrected chi connectivity index (χ1v) is 10.1. The summed E-state index contributed by atoms with van der Waals surface area (Å²) in [4.78, 5) is 24.1. The molecule has 0 N–H and O–H groups in total. The highest BCUT2D eigenvalue weighted by Gasteiger charge is 2.25. The van der Waals surface area contributed by atoms with E-state index in [1.807, 2.05) is 57.3 Å². The highest BCUT2D eigenvalue weighted by molar-refractivity contribution is 7.22. The van der Waals surface area contributed by atoms with Gasteiger partial charge >= 0.3 is 0 Å². The van der Waals surface area contributed by atoms with Gasteiger partial charge in [0.05, 0.1) is 23.5 Å². The van der Waals surface area contributed by atoms with E-state index < -0.39 is 0 Å². The van der Waals surface area contributed by atoms with Crippen LogP contribution in [-0.4, -0.2) is 32.3 Å². The first kappa shape index (κ1) is 19.1. The van der Waals surface area contributed by atoms with Crippen LogP contribution >= 0.6 is 11.3 Å². The van der Waals surface area contributed by atoms with E-state index in [0.717, 1.165) is 21.6 Å². The molecule has 29 heavy (non-hydrogen) atoms. The molecule has 0 aliphatic rings. The molecule has 0 aliphatic carbocycles. The van der Waals surface area contributed by atoms with Gasteiger partial charge in [-0.3, -0.25) is 19.4 Å². The molecule has 0 bridgehead atoms. The number of ether oxygens (including phenoxy) is 1. The minimum Gasteiger partial charge on any atom is -0.492 e. The summed E-state index contributed by atoms with van der Waals surface area (Å²) in [5.74, 6) is 0.503. The van der Waals surface area contributed by atoms with Crippen LogP contribution in [0.15, 0.2) is 48.7 Å². The summed E-state index contributed by atoms with van der Waals surface area (Å²) in [5, 5.41) is 4.95. The smallest absolute Gasteiger partial charge is 0.280 e. The predicted octanol–water partition coefficient (Wildman–Crippen LogP) is 3.98. The maximum absolute atomic E-state index is 13.4. The highest BCUT2D eigenvalue weighted by atomic mass is 32.1. The van der Waals surface area contributed by atoms with E-state index in [-0.39, 0.29) is 5.91 Å². The number of hydrogen-bond acceptors (Lipinski definition) is 6. The first-order valence-electron chi connectivity index (χ1n) is 9.31. The molecule has 3 aromatic heterocycles. The van der Waals surface area contributed by atoms with Gasteiger partial charge in [-0.25, -0.2) is 4.98 Å². The first-order chi connectivity index (χ1) is 14.1. The highest BCUT2D eigenvalue weighted by Crippen LogP contribution is 2.35. The monoisotopic (exact) mass is 407 g/mol. The quantitative estimate of drug-likeness (QED) is 0.483. The number of fused-ring (bicyclic) bond motifs is 1. The fourth-order valence-electron chi connectivity index (χ4n) is 2.98. The number of benzene rings is 1. The molecule has 0 spiro atoms. The molecule has 0 saturated carbocycles. The lowest BCUT2D eigenvalue weighted by molar-refractivity contribution is 0.0979. The number of anilines is 1. The van der Waals surface area contributed by atoms with Crippen LogP contribution in [0.4, 0.5) is 5.13 Å². The Hall–Kier alpha value is -3.26. The van der Waals surface area contributed by atoms with Crippen molar-refractivity contribution in [3.63, 3.8) is 0 Å². The van der Waals surface area contributed by atoms with Crippen LogP contribution in [0.2, 0.25) is 0 Å². The van der Waals surface area contributed by atoms with Crippen molar-refractivity contribution in [1.82, 2.24) is 19.7 Å². The summed E-state index contributed by atoms with van der Waals surface area (Å²) in [6, 6.07) is 13.2. The molecular weight excluding hydrogens is 386 g/mol. The third-order valence-corrected chi connectivity index (χ3v) is 5.57. The van der Waals surface area contributed by atoms with Gasteiger partial charge in [0.25, 0.3) is 5.91 Å². The molecule has 4 aromatic rings. The number of hydrogen-bond donors (Lipinski definition) is 0. The molecule has 0 unspecified atom stereocenters. The second-order valence-electron chi connectivity index (χ2n) is 6.54. The number of para-hydroxylation sites is 1. The van der Waals surface area contributed by atoms with Crippen LogP contribution in [0, 0.1) is 6.92 Å². The molecule has 0 radical (unpaired) electrons. The molecule has 7 nitrogen and oxygen atoms in total. The van der Waals surface area contributed by atoms with Crippen molar-refractivity contribution < 1.29 is 9.53 Å². The molecule has 0 saturated heterocycles. The normalized spacial score (nSPS) is 11.0. The summed E-state index contributed by atoms with van der Waals surface area (Å²) >= 11 is 1.45. The largest absolute Gasteiger partial charge is 0.492 e. The third-order valence-electron chi connectivity index (χ3n) is 4.53. The van der Waals surface area contributed by atoms with Gasteiger partial charge in [-0.05, 0) is 44.2 Å². The number of amides is 1.